The minimum Gasteiger partial charge on any atom is -0.326 e. The van der Waals surface area contributed by atoms with Crippen molar-refractivity contribution in [3.63, 3.8) is 0 Å². The maximum atomic E-state index is 12.6. The number of fused-ring (bicyclic) bond motifs is 1. The molecule has 1 amide bonds. The normalized spacial score (nSPS) is 17.8. The number of anilines is 1. The van der Waals surface area contributed by atoms with Gasteiger partial charge in [-0.2, -0.15) is 0 Å². The van der Waals surface area contributed by atoms with Gasteiger partial charge in [-0.25, -0.2) is 4.79 Å². The van der Waals surface area contributed by atoms with Gasteiger partial charge in [0.05, 0.1) is 16.4 Å². The van der Waals surface area contributed by atoms with Crippen LogP contribution in [0.2, 0.25) is 0 Å². The zero-order valence-corrected chi connectivity index (χ0v) is 12.1. The number of imidazole rings is 1. The van der Waals surface area contributed by atoms with Crippen molar-refractivity contribution < 1.29 is 4.79 Å². The van der Waals surface area contributed by atoms with Crippen molar-refractivity contribution in [3.8, 4) is 0 Å². The third-order valence-corrected chi connectivity index (χ3v) is 4.49. The van der Waals surface area contributed by atoms with E-state index >= 15 is 0 Å². The molecule has 21 heavy (non-hydrogen) atoms. The number of carbonyl (C=O) groups excluding carboxylic acids is 1. The number of hydrogen-bond acceptors (Lipinski definition) is 3. The van der Waals surface area contributed by atoms with E-state index in [1.54, 1.807) is 12.1 Å². The molecular weight excluding hydrogens is 268 g/mol. The summed E-state index contributed by atoms with van der Waals surface area (Å²) in [5, 5.41) is 6.30. The summed E-state index contributed by atoms with van der Waals surface area (Å²) >= 11 is 0. The Hall–Kier alpha value is -2.08. The van der Waals surface area contributed by atoms with Crippen LogP contribution in [0.25, 0.3) is 11.0 Å². The van der Waals surface area contributed by atoms with Gasteiger partial charge in [-0.05, 0) is 50.6 Å². The molecule has 0 radical (unpaired) electrons. The van der Waals surface area contributed by atoms with E-state index in [2.05, 4.69) is 27.5 Å². The van der Waals surface area contributed by atoms with Crippen LogP contribution in [0.15, 0.2) is 23.0 Å². The van der Waals surface area contributed by atoms with Crippen molar-refractivity contribution in [3.05, 3.63) is 28.7 Å². The molecule has 0 bridgehead atoms. The average molecular weight is 288 g/mol. The van der Waals surface area contributed by atoms with Gasteiger partial charge in [0.15, 0.2) is 0 Å². The molecule has 6 nitrogen and oxygen atoms in total. The van der Waals surface area contributed by atoms with Gasteiger partial charge in [0.2, 0.25) is 5.91 Å². The Kier molecular flexibility index (Phi) is 3.55. The van der Waals surface area contributed by atoms with Crippen LogP contribution in [0.1, 0.15) is 26.2 Å². The Labute approximate surface area is 122 Å². The van der Waals surface area contributed by atoms with Gasteiger partial charge in [-0.3, -0.25) is 4.79 Å². The first-order chi connectivity index (χ1) is 10.1. The highest BCUT2D eigenvalue weighted by atomic mass is 16.2. The van der Waals surface area contributed by atoms with Gasteiger partial charge in [0.25, 0.3) is 0 Å². The number of rotatable bonds is 3. The maximum Gasteiger partial charge on any atom is 0.323 e. The van der Waals surface area contributed by atoms with Crippen LogP contribution in [0.3, 0.4) is 0 Å². The number of benzene rings is 1. The molecule has 0 saturated carbocycles. The van der Waals surface area contributed by atoms with Gasteiger partial charge in [0, 0.05) is 5.69 Å². The Bertz CT molecular complexity index is 710. The summed E-state index contributed by atoms with van der Waals surface area (Å²) in [7, 11) is 0. The number of nitrogens with one attached hydrogen (secondary N) is 4. The lowest BCUT2D eigenvalue weighted by atomic mass is 9.76. The first-order valence-corrected chi connectivity index (χ1v) is 7.37. The minimum atomic E-state index is -0.286. The second kappa shape index (κ2) is 5.37. The van der Waals surface area contributed by atoms with Crippen LogP contribution in [-0.4, -0.2) is 29.0 Å². The average Bonchev–Trinajstić information content (AvgIpc) is 2.87. The summed E-state index contributed by atoms with van der Waals surface area (Å²) in [6.07, 6.45) is 2.56. The lowest BCUT2D eigenvalue weighted by Gasteiger charge is -2.35. The highest BCUT2D eigenvalue weighted by molar-refractivity contribution is 5.96. The first-order valence-electron chi connectivity index (χ1n) is 7.37. The Morgan fingerprint density at radius 1 is 1.24 bits per heavy atom. The number of amides is 1. The summed E-state index contributed by atoms with van der Waals surface area (Å²) in [5.74, 6) is 0.0729. The predicted octanol–water partition coefficient (Wildman–Crippen LogP) is 1.57. The fourth-order valence-corrected chi connectivity index (χ4v) is 3.02. The first kappa shape index (κ1) is 13.9. The molecular formula is C15H20N4O2. The predicted molar refractivity (Wildman–Crippen MR) is 82.4 cm³/mol. The molecule has 6 heteroatoms. The van der Waals surface area contributed by atoms with Crippen LogP contribution >= 0.6 is 0 Å². The molecule has 1 aliphatic rings. The van der Waals surface area contributed by atoms with E-state index in [4.69, 9.17) is 0 Å². The van der Waals surface area contributed by atoms with E-state index in [0.29, 0.717) is 11.2 Å². The number of carbonyl (C=O) groups is 1. The van der Waals surface area contributed by atoms with E-state index < -0.39 is 0 Å². The van der Waals surface area contributed by atoms with Gasteiger partial charge in [0.1, 0.15) is 0 Å². The molecule has 3 rings (SSSR count). The molecule has 1 fully saturated rings. The number of H-pyrrole nitrogens is 2. The monoisotopic (exact) mass is 288 g/mol. The highest BCUT2D eigenvalue weighted by Crippen LogP contribution is 2.34. The number of aromatic nitrogens is 2. The largest absolute Gasteiger partial charge is 0.326 e. The van der Waals surface area contributed by atoms with Gasteiger partial charge >= 0.3 is 5.69 Å². The van der Waals surface area contributed by atoms with Crippen molar-refractivity contribution >= 4 is 22.6 Å². The summed E-state index contributed by atoms with van der Waals surface area (Å²) < 4.78 is 0. The minimum absolute atomic E-state index is 0.0729. The molecule has 1 saturated heterocycles. The van der Waals surface area contributed by atoms with E-state index in [1.165, 1.54) is 0 Å². The second-order valence-electron chi connectivity index (χ2n) is 5.68. The molecule has 2 aromatic rings. The maximum absolute atomic E-state index is 12.6. The smallest absolute Gasteiger partial charge is 0.323 e. The third-order valence-electron chi connectivity index (χ3n) is 4.49. The molecule has 0 aliphatic carbocycles. The van der Waals surface area contributed by atoms with Crippen LogP contribution in [0.4, 0.5) is 5.69 Å². The van der Waals surface area contributed by atoms with Crippen LogP contribution < -0.4 is 16.3 Å². The molecule has 4 N–H and O–H groups in total. The number of hydrogen-bond donors (Lipinski definition) is 4. The standard InChI is InChI=1S/C15H20N4O2/c1-2-15(5-7-16-8-6-15)13(20)17-10-3-4-11-12(9-10)19-14(21)18-11/h3-4,9,16H,2,5-8H2,1H3,(H,17,20)(H2,18,19,21). The topological polar surface area (TPSA) is 89.8 Å². The zero-order valence-electron chi connectivity index (χ0n) is 12.1. The third kappa shape index (κ3) is 2.58. The Morgan fingerprint density at radius 2 is 1.95 bits per heavy atom. The quantitative estimate of drug-likeness (QED) is 0.691. The SMILES string of the molecule is CCC1(C(=O)Nc2ccc3[nH]c(=O)[nH]c3c2)CCNCC1. The Morgan fingerprint density at radius 3 is 2.67 bits per heavy atom. The molecule has 0 spiro atoms. The molecule has 1 aliphatic heterocycles. The van der Waals surface area contributed by atoms with Crippen molar-refractivity contribution in [1.82, 2.24) is 15.3 Å². The summed E-state index contributed by atoms with van der Waals surface area (Å²) in [4.78, 5) is 29.3. The molecule has 112 valence electrons. The fourth-order valence-electron chi connectivity index (χ4n) is 3.02. The van der Waals surface area contributed by atoms with E-state index in [-0.39, 0.29) is 17.0 Å². The van der Waals surface area contributed by atoms with Crippen molar-refractivity contribution in [2.45, 2.75) is 26.2 Å². The van der Waals surface area contributed by atoms with Crippen LogP contribution in [0.5, 0.6) is 0 Å². The van der Waals surface area contributed by atoms with E-state index in [0.717, 1.165) is 37.9 Å². The number of piperidine rings is 1. The van der Waals surface area contributed by atoms with Crippen LogP contribution in [-0.2, 0) is 4.79 Å². The molecule has 0 atom stereocenters. The zero-order chi connectivity index (χ0) is 14.9. The van der Waals surface area contributed by atoms with Gasteiger partial charge in [-0.1, -0.05) is 6.92 Å². The Balaban J connectivity index is 1.83. The van der Waals surface area contributed by atoms with E-state index in [1.807, 2.05) is 6.07 Å². The van der Waals surface area contributed by atoms with Crippen molar-refractivity contribution in [2.24, 2.45) is 5.41 Å². The summed E-state index contributed by atoms with van der Waals surface area (Å²) in [6, 6.07) is 5.40. The fraction of sp³-hybridized carbons (Fsp3) is 0.467. The van der Waals surface area contributed by atoms with Gasteiger partial charge < -0.3 is 20.6 Å². The lowest BCUT2D eigenvalue weighted by molar-refractivity contribution is -0.127. The van der Waals surface area contributed by atoms with E-state index in [9.17, 15) is 9.59 Å². The summed E-state index contributed by atoms with van der Waals surface area (Å²) in [6.45, 7) is 3.83. The molecule has 0 unspecified atom stereocenters. The van der Waals surface area contributed by atoms with Crippen LogP contribution in [0, 0.1) is 5.41 Å². The second-order valence-corrected chi connectivity index (χ2v) is 5.68. The lowest BCUT2D eigenvalue weighted by Crippen LogP contribution is -2.44. The van der Waals surface area contributed by atoms with Gasteiger partial charge in [-0.15, -0.1) is 0 Å². The molecule has 2 heterocycles. The summed E-state index contributed by atoms with van der Waals surface area (Å²) in [5.41, 5.74) is 1.64. The molecule has 1 aromatic heterocycles. The highest BCUT2D eigenvalue weighted by Gasteiger charge is 2.37. The molecule has 1 aromatic carbocycles. The number of aromatic amines is 2. The van der Waals surface area contributed by atoms with Crippen molar-refractivity contribution in [1.29, 1.82) is 0 Å². The van der Waals surface area contributed by atoms with Crippen molar-refractivity contribution in [2.75, 3.05) is 18.4 Å².